The van der Waals surface area contributed by atoms with Gasteiger partial charge in [-0.15, -0.1) is 6.58 Å². The molecule has 0 aliphatic heterocycles. The van der Waals surface area contributed by atoms with Gasteiger partial charge in [0, 0.05) is 12.2 Å². The SMILES string of the molecule is C=CCn1c(C)nc2c(c1=O)c1nc3ccccc3nc1n2-c1cc(C)cc(C)c1. The van der Waals surface area contributed by atoms with Gasteiger partial charge in [0.05, 0.1) is 11.0 Å². The molecule has 6 nitrogen and oxygen atoms in total. The van der Waals surface area contributed by atoms with Gasteiger partial charge in [0.1, 0.15) is 16.7 Å². The normalized spacial score (nSPS) is 11.6. The lowest BCUT2D eigenvalue weighted by atomic mass is 10.1. The molecule has 0 unspecified atom stereocenters. The predicted octanol–water partition coefficient (Wildman–Crippen LogP) is 4.39. The molecule has 0 aliphatic carbocycles. The largest absolute Gasteiger partial charge is 0.292 e. The molecule has 0 bridgehead atoms. The first-order chi connectivity index (χ1) is 14.5. The summed E-state index contributed by atoms with van der Waals surface area (Å²) < 4.78 is 3.58. The first kappa shape index (κ1) is 18.2. The number of aryl methyl sites for hydroxylation is 3. The van der Waals surface area contributed by atoms with E-state index in [0.29, 0.717) is 34.6 Å². The minimum atomic E-state index is -0.130. The second kappa shape index (κ2) is 6.62. The summed E-state index contributed by atoms with van der Waals surface area (Å²) in [5, 5.41) is 0.481. The van der Waals surface area contributed by atoms with Crippen molar-refractivity contribution in [3.63, 3.8) is 0 Å². The fourth-order valence-corrected chi connectivity index (χ4v) is 4.10. The summed E-state index contributed by atoms with van der Waals surface area (Å²) in [5.74, 6) is 0.630. The number of allylic oxidation sites excluding steroid dienone is 1. The van der Waals surface area contributed by atoms with Gasteiger partial charge in [0.2, 0.25) is 0 Å². The summed E-state index contributed by atoms with van der Waals surface area (Å²) in [5.41, 5.74) is 6.36. The summed E-state index contributed by atoms with van der Waals surface area (Å²) in [6.45, 7) is 10.1. The maximum absolute atomic E-state index is 13.5. The highest BCUT2D eigenvalue weighted by molar-refractivity contribution is 6.05. The van der Waals surface area contributed by atoms with E-state index in [-0.39, 0.29) is 5.56 Å². The van der Waals surface area contributed by atoms with Gasteiger partial charge in [0.15, 0.2) is 11.3 Å². The van der Waals surface area contributed by atoms with Gasteiger partial charge in [-0.2, -0.15) is 0 Å². The zero-order chi connectivity index (χ0) is 21.0. The highest BCUT2D eigenvalue weighted by atomic mass is 16.1. The molecule has 3 heterocycles. The summed E-state index contributed by atoms with van der Waals surface area (Å²) >= 11 is 0. The van der Waals surface area contributed by atoms with Crippen LogP contribution < -0.4 is 5.56 Å². The lowest BCUT2D eigenvalue weighted by Gasteiger charge is -2.11. The van der Waals surface area contributed by atoms with Crippen molar-refractivity contribution in [2.24, 2.45) is 0 Å². The van der Waals surface area contributed by atoms with E-state index >= 15 is 0 Å². The van der Waals surface area contributed by atoms with Crippen molar-refractivity contribution in [1.29, 1.82) is 0 Å². The van der Waals surface area contributed by atoms with E-state index in [2.05, 4.69) is 38.6 Å². The van der Waals surface area contributed by atoms with Gasteiger partial charge in [-0.3, -0.25) is 13.9 Å². The van der Waals surface area contributed by atoms with Gasteiger partial charge in [0.25, 0.3) is 5.56 Å². The highest BCUT2D eigenvalue weighted by Crippen LogP contribution is 2.29. The van der Waals surface area contributed by atoms with Gasteiger partial charge in [-0.05, 0) is 56.2 Å². The Kier molecular flexibility index (Phi) is 4.03. The van der Waals surface area contributed by atoms with Gasteiger partial charge in [-0.25, -0.2) is 15.0 Å². The van der Waals surface area contributed by atoms with Gasteiger partial charge < -0.3 is 0 Å². The number of nitrogens with zero attached hydrogens (tertiary/aromatic N) is 5. The molecule has 30 heavy (non-hydrogen) atoms. The molecule has 5 rings (SSSR count). The molecule has 2 aromatic carbocycles. The lowest BCUT2D eigenvalue weighted by Crippen LogP contribution is -2.23. The Bertz CT molecular complexity index is 1520. The predicted molar refractivity (Wildman–Crippen MR) is 120 cm³/mol. The Hall–Kier alpha value is -3.80. The molecule has 0 saturated heterocycles. The lowest BCUT2D eigenvalue weighted by molar-refractivity contribution is 0.727. The van der Waals surface area contributed by atoms with Crippen molar-refractivity contribution in [3.05, 3.63) is 82.4 Å². The highest BCUT2D eigenvalue weighted by Gasteiger charge is 2.22. The standard InChI is InChI=1S/C24H21N5O/c1-5-10-28-16(4)25-22-20(24(28)30)21-23(27-19-9-7-6-8-18(19)26-21)29(22)17-12-14(2)11-15(3)13-17/h5-9,11-13H,1,10H2,2-4H3. The third-order valence-corrected chi connectivity index (χ3v) is 5.33. The van der Waals surface area contributed by atoms with Crippen LogP contribution in [0, 0.1) is 20.8 Å². The van der Waals surface area contributed by atoms with Crippen LogP contribution in [0.2, 0.25) is 0 Å². The second-order valence-corrected chi connectivity index (χ2v) is 7.63. The Morgan fingerprint density at radius 2 is 1.60 bits per heavy atom. The molecule has 0 saturated carbocycles. The van der Waals surface area contributed by atoms with Crippen molar-refractivity contribution in [3.8, 4) is 5.69 Å². The molecule has 148 valence electrons. The average Bonchev–Trinajstić information content (AvgIpc) is 3.01. The van der Waals surface area contributed by atoms with Crippen LogP contribution in [0.15, 0.2) is 59.9 Å². The quantitative estimate of drug-likeness (QED) is 0.425. The fraction of sp³-hybridized carbons (Fsp3) is 0.167. The van der Waals surface area contributed by atoms with Crippen molar-refractivity contribution in [1.82, 2.24) is 24.1 Å². The number of fused-ring (bicyclic) bond motifs is 4. The van der Waals surface area contributed by atoms with E-state index in [1.165, 1.54) is 0 Å². The number of benzene rings is 2. The molecule has 0 spiro atoms. The van der Waals surface area contributed by atoms with E-state index in [9.17, 15) is 4.79 Å². The Balaban J connectivity index is 2.04. The third kappa shape index (κ3) is 2.64. The number of rotatable bonds is 3. The van der Waals surface area contributed by atoms with Crippen LogP contribution in [0.1, 0.15) is 17.0 Å². The van der Waals surface area contributed by atoms with Crippen LogP contribution in [0.3, 0.4) is 0 Å². The number of para-hydroxylation sites is 2. The molecule has 6 heteroatoms. The Morgan fingerprint density at radius 1 is 0.933 bits per heavy atom. The van der Waals surface area contributed by atoms with Crippen molar-refractivity contribution >= 4 is 33.2 Å². The van der Waals surface area contributed by atoms with E-state index in [1.54, 1.807) is 10.6 Å². The molecule has 0 N–H and O–H groups in total. The van der Waals surface area contributed by atoms with Crippen LogP contribution in [0.25, 0.3) is 38.9 Å². The summed E-state index contributed by atoms with van der Waals surface area (Å²) in [7, 11) is 0. The van der Waals surface area contributed by atoms with E-state index in [1.807, 2.05) is 35.8 Å². The molecular formula is C24H21N5O. The van der Waals surface area contributed by atoms with E-state index in [4.69, 9.17) is 15.0 Å². The van der Waals surface area contributed by atoms with Crippen molar-refractivity contribution in [2.75, 3.05) is 0 Å². The number of hydrogen-bond acceptors (Lipinski definition) is 4. The molecule has 0 amide bonds. The van der Waals surface area contributed by atoms with Crippen LogP contribution in [-0.4, -0.2) is 24.1 Å². The van der Waals surface area contributed by atoms with Crippen LogP contribution in [-0.2, 0) is 6.54 Å². The van der Waals surface area contributed by atoms with Crippen LogP contribution >= 0.6 is 0 Å². The average molecular weight is 395 g/mol. The Labute approximate surface area is 173 Å². The molecule has 0 aliphatic rings. The zero-order valence-corrected chi connectivity index (χ0v) is 17.2. The van der Waals surface area contributed by atoms with E-state index < -0.39 is 0 Å². The summed E-state index contributed by atoms with van der Waals surface area (Å²) in [4.78, 5) is 28.0. The second-order valence-electron chi connectivity index (χ2n) is 7.63. The monoisotopic (exact) mass is 395 g/mol. The molecule has 3 aromatic heterocycles. The first-order valence-corrected chi connectivity index (χ1v) is 9.86. The summed E-state index contributed by atoms with van der Waals surface area (Å²) in [6.07, 6.45) is 1.70. The minimum Gasteiger partial charge on any atom is -0.292 e. The fourth-order valence-electron chi connectivity index (χ4n) is 4.10. The van der Waals surface area contributed by atoms with Crippen LogP contribution in [0.4, 0.5) is 0 Å². The minimum absolute atomic E-state index is 0.130. The van der Waals surface area contributed by atoms with Crippen molar-refractivity contribution < 1.29 is 0 Å². The maximum atomic E-state index is 13.5. The van der Waals surface area contributed by atoms with Crippen LogP contribution in [0.5, 0.6) is 0 Å². The van der Waals surface area contributed by atoms with E-state index in [0.717, 1.165) is 27.8 Å². The summed E-state index contributed by atoms with van der Waals surface area (Å²) in [6, 6.07) is 14.0. The van der Waals surface area contributed by atoms with Crippen molar-refractivity contribution in [2.45, 2.75) is 27.3 Å². The third-order valence-electron chi connectivity index (χ3n) is 5.33. The molecule has 0 fully saturated rings. The number of hydrogen-bond donors (Lipinski definition) is 0. The van der Waals surface area contributed by atoms with Gasteiger partial charge >= 0.3 is 0 Å². The Morgan fingerprint density at radius 3 is 2.27 bits per heavy atom. The van der Waals surface area contributed by atoms with Gasteiger partial charge in [-0.1, -0.05) is 24.3 Å². The molecule has 5 aromatic rings. The first-order valence-electron chi connectivity index (χ1n) is 9.86. The maximum Gasteiger partial charge on any atom is 0.265 e. The topological polar surface area (TPSA) is 65.6 Å². The molecule has 0 atom stereocenters. The number of aromatic nitrogens is 5. The molecular weight excluding hydrogens is 374 g/mol. The smallest absolute Gasteiger partial charge is 0.265 e. The zero-order valence-electron chi connectivity index (χ0n) is 17.2. The molecule has 0 radical (unpaired) electrons.